The molecule has 0 bridgehead atoms. The number of rotatable bonds is 0. The van der Waals surface area contributed by atoms with E-state index in [1.807, 2.05) is 30.3 Å². The van der Waals surface area contributed by atoms with Gasteiger partial charge >= 0.3 is 22.4 Å². The van der Waals surface area contributed by atoms with E-state index in [-0.39, 0.29) is 42.8 Å². The normalized spacial score (nSPS) is 5.71. The standard InChI is InChI=1S/C5H5.Au.Pd/c1-2-4-5-3-1;;/h1-5H;;/q-1;+1;. The maximum Gasteiger partial charge on any atom is 1.00 e. The molecule has 0 atom stereocenters. The molecule has 0 radical (unpaired) electrons. The average molecular weight is 368 g/mol. The van der Waals surface area contributed by atoms with Crippen molar-refractivity contribution < 1.29 is 42.8 Å². The van der Waals surface area contributed by atoms with Crippen LogP contribution in [-0.2, 0) is 42.8 Å². The Balaban J connectivity index is 0. The molecule has 0 aliphatic carbocycles. The third-order valence-corrected chi connectivity index (χ3v) is 0.556. The molecule has 0 unspecified atom stereocenters. The van der Waals surface area contributed by atoms with Crippen LogP contribution in [0.4, 0.5) is 0 Å². The summed E-state index contributed by atoms with van der Waals surface area (Å²) in [6, 6.07) is 10.0. The Hall–Kier alpha value is 0.753. The zero-order chi connectivity index (χ0) is 3.54. The fourth-order valence-corrected chi connectivity index (χ4v) is 0.321. The molecule has 0 spiro atoms. The molecular formula is C5H5AuPd. The van der Waals surface area contributed by atoms with Crippen LogP contribution in [0.2, 0.25) is 0 Å². The summed E-state index contributed by atoms with van der Waals surface area (Å²) in [5, 5.41) is 0. The van der Waals surface area contributed by atoms with E-state index in [0.29, 0.717) is 0 Å². The van der Waals surface area contributed by atoms with Gasteiger partial charge in [0, 0.05) is 20.4 Å². The van der Waals surface area contributed by atoms with E-state index in [1.165, 1.54) is 0 Å². The van der Waals surface area contributed by atoms with E-state index in [9.17, 15) is 0 Å². The minimum atomic E-state index is 0. The van der Waals surface area contributed by atoms with Crippen molar-refractivity contribution in [3.8, 4) is 0 Å². The van der Waals surface area contributed by atoms with E-state index in [2.05, 4.69) is 0 Å². The van der Waals surface area contributed by atoms with Crippen molar-refractivity contribution in [1.82, 2.24) is 0 Å². The summed E-state index contributed by atoms with van der Waals surface area (Å²) in [6.07, 6.45) is 0. The van der Waals surface area contributed by atoms with Crippen molar-refractivity contribution in [1.29, 1.82) is 0 Å². The van der Waals surface area contributed by atoms with Crippen LogP contribution in [0.5, 0.6) is 0 Å². The molecule has 0 aromatic heterocycles. The average Bonchev–Trinajstić information content (AvgIpc) is 1.76. The quantitative estimate of drug-likeness (QED) is 0.480. The van der Waals surface area contributed by atoms with Gasteiger partial charge in [0.15, 0.2) is 0 Å². The SMILES string of the molecule is [Au+].[Pd].c1cc[cH-]c1. The number of hydrogen-bond acceptors (Lipinski definition) is 0. The maximum atomic E-state index is 2.00. The molecule has 0 aliphatic rings. The van der Waals surface area contributed by atoms with E-state index < -0.39 is 0 Å². The molecule has 0 N–H and O–H groups in total. The van der Waals surface area contributed by atoms with Gasteiger partial charge in [0.25, 0.3) is 0 Å². The maximum absolute atomic E-state index is 2.00. The van der Waals surface area contributed by atoms with Crippen molar-refractivity contribution in [3.05, 3.63) is 30.3 Å². The molecule has 0 nitrogen and oxygen atoms in total. The summed E-state index contributed by atoms with van der Waals surface area (Å²) in [5.74, 6) is 0. The van der Waals surface area contributed by atoms with Crippen LogP contribution in [0.3, 0.4) is 0 Å². The summed E-state index contributed by atoms with van der Waals surface area (Å²) in [6.45, 7) is 0. The molecule has 46 valence electrons. The van der Waals surface area contributed by atoms with Crippen molar-refractivity contribution in [2.45, 2.75) is 0 Å². The Morgan fingerprint density at radius 3 is 1.57 bits per heavy atom. The Bertz CT molecular complexity index is 64.6. The van der Waals surface area contributed by atoms with Crippen LogP contribution in [0.25, 0.3) is 0 Å². The van der Waals surface area contributed by atoms with Gasteiger partial charge in [-0.25, -0.2) is 12.1 Å². The van der Waals surface area contributed by atoms with E-state index in [1.54, 1.807) is 0 Å². The summed E-state index contributed by atoms with van der Waals surface area (Å²) in [4.78, 5) is 0. The molecular weight excluding hydrogens is 363 g/mol. The second-order valence-corrected chi connectivity index (χ2v) is 0.962. The topological polar surface area (TPSA) is 0 Å². The van der Waals surface area contributed by atoms with Gasteiger partial charge in [-0.05, 0) is 0 Å². The molecule has 1 aromatic carbocycles. The predicted molar refractivity (Wildman–Crippen MR) is 22.0 cm³/mol. The van der Waals surface area contributed by atoms with Crippen LogP contribution in [0.15, 0.2) is 30.3 Å². The van der Waals surface area contributed by atoms with Crippen molar-refractivity contribution in [3.63, 3.8) is 0 Å². The van der Waals surface area contributed by atoms with Gasteiger partial charge in [-0.3, -0.25) is 0 Å². The minimum absolute atomic E-state index is 0. The van der Waals surface area contributed by atoms with E-state index in [4.69, 9.17) is 0 Å². The van der Waals surface area contributed by atoms with Gasteiger partial charge in [0.05, 0.1) is 0 Å². The van der Waals surface area contributed by atoms with Gasteiger partial charge < -0.3 is 0 Å². The summed E-state index contributed by atoms with van der Waals surface area (Å²) < 4.78 is 0. The third kappa shape index (κ3) is 4.61. The van der Waals surface area contributed by atoms with Gasteiger partial charge in [-0.1, -0.05) is 0 Å². The molecule has 1 aromatic rings. The number of hydrogen-bond donors (Lipinski definition) is 0. The van der Waals surface area contributed by atoms with Gasteiger partial charge in [0.1, 0.15) is 0 Å². The second kappa shape index (κ2) is 6.75. The molecule has 0 aliphatic heterocycles. The molecule has 0 saturated heterocycles. The van der Waals surface area contributed by atoms with Crippen LogP contribution in [-0.4, -0.2) is 0 Å². The fourth-order valence-electron chi connectivity index (χ4n) is 0.321. The Morgan fingerprint density at radius 1 is 1.00 bits per heavy atom. The molecule has 1 rings (SSSR count). The first-order valence-corrected chi connectivity index (χ1v) is 1.67. The monoisotopic (exact) mass is 368 g/mol. The molecule has 0 fully saturated rings. The van der Waals surface area contributed by atoms with Gasteiger partial charge in [0.2, 0.25) is 0 Å². The van der Waals surface area contributed by atoms with Crippen LogP contribution < -0.4 is 0 Å². The van der Waals surface area contributed by atoms with E-state index in [0.717, 1.165) is 0 Å². The zero-order valence-corrected chi connectivity index (χ0v) is 7.23. The Labute approximate surface area is 72.8 Å². The Kier molecular flexibility index (Phi) is 10.3. The smallest absolute Gasteiger partial charge is 0.214 e. The summed E-state index contributed by atoms with van der Waals surface area (Å²) in [5.41, 5.74) is 0. The molecule has 0 heterocycles. The van der Waals surface area contributed by atoms with Crippen LogP contribution in [0.1, 0.15) is 0 Å². The first-order valence-electron chi connectivity index (χ1n) is 1.67. The minimum Gasteiger partial charge on any atom is -0.214 e. The van der Waals surface area contributed by atoms with Gasteiger partial charge in [-0.15, -0.1) is 0 Å². The van der Waals surface area contributed by atoms with Crippen molar-refractivity contribution >= 4 is 0 Å². The molecule has 7 heavy (non-hydrogen) atoms. The summed E-state index contributed by atoms with van der Waals surface area (Å²) >= 11 is 0. The first-order chi connectivity index (χ1) is 2.50. The second-order valence-electron chi connectivity index (χ2n) is 0.962. The van der Waals surface area contributed by atoms with Crippen LogP contribution in [0, 0.1) is 0 Å². The third-order valence-electron chi connectivity index (χ3n) is 0.556. The fraction of sp³-hybridized carbons (Fsp3) is 0. The van der Waals surface area contributed by atoms with Gasteiger partial charge in [-0.2, -0.15) is 18.2 Å². The van der Waals surface area contributed by atoms with E-state index >= 15 is 0 Å². The molecule has 0 amide bonds. The zero-order valence-electron chi connectivity index (χ0n) is 3.50. The molecule has 2 heteroatoms. The van der Waals surface area contributed by atoms with Crippen molar-refractivity contribution in [2.75, 3.05) is 0 Å². The predicted octanol–water partition coefficient (Wildman–Crippen LogP) is 1.40. The first kappa shape index (κ1) is 10.7. The van der Waals surface area contributed by atoms with Crippen molar-refractivity contribution in [2.24, 2.45) is 0 Å². The molecule has 0 saturated carbocycles. The Morgan fingerprint density at radius 2 is 1.43 bits per heavy atom. The summed E-state index contributed by atoms with van der Waals surface area (Å²) in [7, 11) is 0. The largest absolute Gasteiger partial charge is 1.00 e. The van der Waals surface area contributed by atoms with Crippen LogP contribution >= 0.6 is 0 Å².